The Kier molecular flexibility index (Phi) is 5.40. The number of aryl methyl sites for hydroxylation is 1. The Morgan fingerprint density at radius 3 is 2.90 bits per heavy atom. The van der Waals surface area contributed by atoms with Crippen LogP contribution in [0.5, 0.6) is 11.6 Å². The lowest BCUT2D eigenvalue weighted by Crippen LogP contribution is -2.15. The highest BCUT2D eigenvalue weighted by atomic mass is 35.5. The lowest BCUT2D eigenvalue weighted by Gasteiger charge is -2.24. The number of aromatic nitrogens is 3. The molecule has 3 heterocycles. The lowest BCUT2D eigenvalue weighted by atomic mass is 9.99. The van der Waals surface area contributed by atoms with E-state index in [2.05, 4.69) is 15.0 Å². The van der Waals surface area contributed by atoms with E-state index in [-0.39, 0.29) is 12.4 Å². The van der Waals surface area contributed by atoms with Gasteiger partial charge in [0, 0.05) is 34.3 Å². The Morgan fingerprint density at radius 1 is 1.34 bits per heavy atom. The van der Waals surface area contributed by atoms with Crippen molar-refractivity contribution in [3.05, 3.63) is 57.9 Å². The molecule has 0 aliphatic carbocycles. The number of thioether (sulfide) groups is 1. The molecule has 1 amide bonds. The fourth-order valence-corrected chi connectivity index (χ4v) is 4.06. The summed E-state index contributed by atoms with van der Waals surface area (Å²) in [6.45, 7) is 1.69. The Bertz CT molecular complexity index is 1120. The predicted molar refractivity (Wildman–Crippen MR) is 110 cm³/mol. The van der Waals surface area contributed by atoms with Crippen LogP contribution in [0, 0.1) is 6.92 Å². The fourth-order valence-electron chi connectivity index (χ4n) is 3.11. The summed E-state index contributed by atoms with van der Waals surface area (Å²) in [6, 6.07) is 7.20. The first-order chi connectivity index (χ1) is 14.0. The van der Waals surface area contributed by atoms with E-state index in [1.807, 2.05) is 19.1 Å². The molecule has 4 rings (SSSR count). The van der Waals surface area contributed by atoms with Crippen molar-refractivity contribution in [3.8, 4) is 23.0 Å². The fraction of sp³-hybridized carbons (Fsp3) is 0.200. The van der Waals surface area contributed by atoms with Crippen LogP contribution in [0.15, 0.2) is 35.5 Å². The molecule has 1 aromatic carbocycles. The Balaban J connectivity index is 1.85. The van der Waals surface area contributed by atoms with Crippen LogP contribution >= 0.6 is 23.4 Å². The zero-order valence-electron chi connectivity index (χ0n) is 15.5. The number of hydrogen-bond donors (Lipinski definition) is 2. The maximum Gasteiger partial charge on any atom is 0.227 e. The van der Waals surface area contributed by atoms with Gasteiger partial charge in [0.2, 0.25) is 11.8 Å². The van der Waals surface area contributed by atoms with E-state index in [9.17, 15) is 9.90 Å². The van der Waals surface area contributed by atoms with Crippen LogP contribution in [0.1, 0.15) is 22.4 Å². The summed E-state index contributed by atoms with van der Waals surface area (Å²) in [4.78, 5) is 24.9. The van der Waals surface area contributed by atoms with Gasteiger partial charge in [-0.1, -0.05) is 35.5 Å². The first-order valence-electron chi connectivity index (χ1n) is 8.80. The van der Waals surface area contributed by atoms with E-state index in [0.29, 0.717) is 45.2 Å². The predicted octanol–water partition coefficient (Wildman–Crippen LogP) is 3.27. The number of fused-ring (bicyclic) bond motifs is 2. The van der Waals surface area contributed by atoms with Gasteiger partial charge in [0.15, 0.2) is 11.6 Å². The van der Waals surface area contributed by atoms with Gasteiger partial charge in [0.1, 0.15) is 5.03 Å². The third-order valence-electron chi connectivity index (χ3n) is 4.49. The number of amides is 1. The maximum absolute atomic E-state index is 11.4. The van der Waals surface area contributed by atoms with Gasteiger partial charge in [0.25, 0.3) is 0 Å². The number of ether oxygens (including phenoxy) is 1. The van der Waals surface area contributed by atoms with Gasteiger partial charge in [0.05, 0.1) is 23.6 Å². The molecule has 0 radical (unpaired) electrons. The molecule has 0 saturated carbocycles. The molecular weight excluding hydrogens is 412 g/mol. The first kappa shape index (κ1) is 19.6. The number of carbonyl (C=O) groups excluding carboxylic acids is 1. The van der Waals surface area contributed by atoms with Crippen molar-refractivity contribution in [3.63, 3.8) is 0 Å². The zero-order chi connectivity index (χ0) is 20.5. The largest absolute Gasteiger partial charge is 0.436 e. The number of nitrogens with zero attached hydrogens (tertiary/aromatic N) is 3. The van der Waals surface area contributed by atoms with Gasteiger partial charge >= 0.3 is 0 Å². The van der Waals surface area contributed by atoms with Crippen LogP contribution < -0.4 is 10.5 Å². The van der Waals surface area contributed by atoms with Gasteiger partial charge in [-0.3, -0.25) is 9.78 Å². The Hall–Kier alpha value is -2.68. The van der Waals surface area contributed by atoms with E-state index < -0.39 is 5.91 Å². The van der Waals surface area contributed by atoms with E-state index in [1.165, 1.54) is 11.8 Å². The zero-order valence-corrected chi connectivity index (χ0v) is 17.0. The average Bonchev–Trinajstić information content (AvgIpc) is 2.71. The van der Waals surface area contributed by atoms with Crippen molar-refractivity contribution in [2.45, 2.75) is 25.0 Å². The number of carbonyl (C=O) groups is 1. The van der Waals surface area contributed by atoms with Crippen LogP contribution in [-0.2, 0) is 17.8 Å². The smallest absolute Gasteiger partial charge is 0.227 e. The maximum atomic E-state index is 11.4. The lowest BCUT2D eigenvalue weighted by molar-refractivity contribution is -0.115. The third kappa shape index (κ3) is 3.91. The molecule has 3 N–H and O–H groups in total. The number of benzene rings is 1. The molecule has 3 aromatic rings. The molecule has 0 bridgehead atoms. The highest BCUT2D eigenvalue weighted by Crippen LogP contribution is 2.42. The van der Waals surface area contributed by atoms with Crippen LogP contribution in [0.2, 0.25) is 5.02 Å². The first-order valence-corrected chi connectivity index (χ1v) is 10.2. The summed E-state index contributed by atoms with van der Waals surface area (Å²) >= 11 is 7.35. The summed E-state index contributed by atoms with van der Waals surface area (Å²) < 4.78 is 6.10. The quantitative estimate of drug-likeness (QED) is 0.370. The molecule has 2 aromatic heterocycles. The Morgan fingerprint density at radius 2 is 2.17 bits per heavy atom. The molecule has 29 heavy (non-hydrogen) atoms. The molecule has 7 nitrogen and oxygen atoms in total. The minimum atomic E-state index is -0.445. The number of aliphatic hydroxyl groups is 1. The number of halogens is 1. The molecule has 148 valence electrons. The van der Waals surface area contributed by atoms with E-state index in [0.717, 1.165) is 16.7 Å². The number of hydrogen-bond acceptors (Lipinski definition) is 7. The number of nitrogens with two attached hydrogens (primary N) is 1. The summed E-state index contributed by atoms with van der Waals surface area (Å²) in [5.74, 6) is 1.05. The number of aliphatic hydroxyl groups excluding tert-OH is 1. The monoisotopic (exact) mass is 428 g/mol. The molecular formula is C20H17ClN4O3S. The standard InChI is InChI=1S/C20H17ClN4O3S/c1-10-17-14(12(8-26)7-23-10)6-15-19(28-17)24-18(11-3-2-4-13(21)5-11)25-20(15)29-9-16(22)27/h2-5,7,26H,6,8-9H2,1H3,(H2,22,27). The van der Waals surface area contributed by atoms with Crippen molar-refractivity contribution in [2.75, 3.05) is 5.75 Å². The molecule has 0 fully saturated rings. The van der Waals surface area contributed by atoms with Crippen molar-refractivity contribution in [2.24, 2.45) is 5.73 Å². The normalized spacial score (nSPS) is 12.1. The van der Waals surface area contributed by atoms with Gasteiger partial charge < -0.3 is 15.6 Å². The van der Waals surface area contributed by atoms with Gasteiger partial charge in [-0.05, 0) is 19.1 Å². The minimum Gasteiger partial charge on any atom is -0.436 e. The number of rotatable bonds is 5. The second-order valence-corrected chi connectivity index (χ2v) is 7.92. The topological polar surface area (TPSA) is 111 Å². The van der Waals surface area contributed by atoms with Crippen molar-refractivity contribution in [1.82, 2.24) is 15.0 Å². The van der Waals surface area contributed by atoms with Crippen LogP contribution in [0.4, 0.5) is 0 Å². The molecule has 0 atom stereocenters. The summed E-state index contributed by atoms with van der Waals surface area (Å²) in [5.41, 5.74) is 9.04. The molecule has 0 unspecified atom stereocenters. The van der Waals surface area contributed by atoms with Crippen molar-refractivity contribution < 1.29 is 14.6 Å². The van der Waals surface area contributed by atoms with Gasteiger partial charge in [-0.2, -0.15) is 4.98 Å². The van der Waals surface area contributed by atoms with Crippen LogP contribution in [0.25, 0.3) is 11.4 Å². The molecule has 1 aliphatic rings. The average molecular weight is 429 g/mol. The summed E-state index contributed by atoms with van der Waals surface area (Å²) in [5, 5.41) is 10.9. The van der Waals surface area contributed by atoms with Gasteiger partial charge in [-0.15, -0.1) is 0 Å². The van der Waals surface area contributed by atoms with Crippen LogP contribution in [0.3, 0.4) is 0 Å². The highest BCUT2D eigenvalue weighted by Gasteiger charge is 2.27. The van der Waals surface area contributed by atoms with Crippen LogP contribution in [-0.4, -0.2) is 31.7 Å². The summed E-state index contributed by atoms with van der Waals surface area (Å²) in [6.07, 6.45) is 2.10. The molecule has 9 heteroatoms. The van der Waals surface area contributed by atoms with Crippen molar-refractivity contribution in [1.29, 1.82) is 0 Å². The van der Waals surface area contributed by atoms with E-state index >= 15 is 0 Å². The number of pyridine rings is 1. The van der Waals surface area contributed by atoms with E-state index in [1.54, 1.807) is 18.3 Å². The SMILES string of the molecule is Cc1ncc(CO)c2c1Oc1nc(-c3cccc(Cl)c3)nc(SCC(N)=O)c1C2. The minimum absolute atomic E-state index is 0.0769. The third-order valence-corrected chi connectivity index (χ3v) is 5.77. The second kappa shape index (κ2) is 7.98. The number of primary amides is 1. The summed E-state index contributed by atoms with van der Waals surface area (Å²) in [7, 11) is 0. The van der Waals surface area contributed by atoms with Crippen molar-refractivity contribution >= 4 is 29.3 Å². The Labute approximate surface area is 176 Å². The molecule has 0 spiro atoms. The molecule has 1 aliphatic heterocycles. The second-order valence-electron chi connectivity index (χ2n) is 6.51. The molecule has 0 saturated heterocycles. The highest BCUT2D eigenvalue weighted by molar-refractivity contribution is 7.99. The van der Waals surface area contributed by atoms with E-state index in [4.69, 9.17) is 22.1 Å². The van der Waals surface area contributed by atoms with Gasteiger partial charge in [-0.25, -0.2) is 4.98 Å².